The van der Waals surface area contributed by atoms with Crippen molar-refractivity contribution in [1.29, 1.82) is 0 Å². The maximum Gasteiger partial charge on any atom is 0.121 e. The molecule has 0 radical (unpaired) electrons. The number of rotatable bonds is 6. The van der Waals surface area contributed by atoms with Crippen molar-refractivity contribution in [3.05, 3.63) is 58.7 Å². The normalized spacial score (nSPS) is 10.6. The van der Waals surface area contributed by atoms with Gasteiger partial charge in [0.25, 0.3) is 0 Å². The van der Waals surface area contributed by atoms with Crippen molar-refractivity contribution in [2.45, 2.75) is 33.2 Å². The van der Waals surface area contributed by atoms with Gasteiger partial charge < -0.3 is 15.5 Å². The van der Waals surface area contributed by atoms with Crippen LogP contribution in [-0.2, 0) is 13.0 Å². The Kier molecular flexibility index (Phi) is 5.23. The van der Waals surface area contributed by atoms with E-state index in [4.69, 9.17) is 5.11 Å². The molecular formula is C18H23NO2. The second-order valence-corrected chi connectivity index (χ2v) is 5.46. The highest BCUT2D eigenvalue weighted by Gasteiger charge is 2.03. The molecule has 3 nitrogen and oxygen atoms in total. The Bertz CT molecular complexity index is 585. The third-order valence-corrected chi connectivity index (χ3v) is 3.60. The van der Waals surface area contributed by atoms with E-state index in [1.807, 2.05) is 38.1 Å². The van der Waals surface area contributed by atoms with Gasteiger partial charge in [0, 0.05) is 18.8 Å². The smallest absolute Gasteiger partial charge is 0.121 e. The van der Waals surface area contributed by atoms with E-state index in [2.05, 4.69) is 17.4 Å². The van der Waals surface area contributed by atoms with Crippen LogP contribution in [0.15, 0.2) is 36.4 Å². The minimum Gasteiger partial charge on any atom is -0.507 e. The van der Waals surface area contributed by atoms with Gasteiger partial charge in [0.2, 0.25) is 0 Å². The highest BCUT2D eigenvalue weighted by molar-refractivity contribution is 5.48. The number of aryl methyl sites for hydroxylation is 3. The third kappa shape index (κ3) is 4.23. The summed E-state index contributed by atoms with van der Waals surface area (Å²) in [6.07, 6.45) is 1.68. The van der Waals surface area contributed by atoms with E-state index in [0.29, 0.717) is 5.75 Å². The number of anilines is 1. The Labute approximate surface area is 126 Å². The van der Waals surface area contributed by atoms with Crippen LogP contribution in [0.1, 0.15) is 28.7 Å². The number of phenolic OH excluding ortho intramolecular Hbond substituents is 1. The lowest BCUT2D eigenvalue weighted by atomic mass is 10.1. The molecule has 0 spiro atoms. The number of hydrogen-bond acceptors (Lipinski definition) is 3. The van der Waals surface area contributed by atoms with Crippen molar-refractivity contribution < 1.29 is 10.2 Å². The van der Waals surface area contributed by atoms with Gasteiger partial charge in [-0.25, -0.2) is 0 Å². The molecule has 2 aromatic rings. The van der Waals surface area contributed by atoms with E-state index in [1.165, 1.54) is 5.56 Å². The Morgan fingerprint density at radius 2 is 1.71 bits per heavy atom. The van der Waals surface area contributed by atoms with Crippen LogP contribution in [0, 0.1) is 13.8 Å². The third-order valence-electron chi connectivity index (χ3n) is 3.60. The molecule has 0 amide bonds. The number of aliphatic hydroxyl groups is 1. The summed E-state index contributed by atoms with van der Waals surface area (Å²) in [4.78, 5) is 0. The van der Waals surface area contributed by atoms with Crippen LogP contribution in [0.2, 0.25) is 0 Å². The van der Waals surface area contributed by atoms with Gasteiger partial charge >= 0.3 is 0 Å². The summed E-state index contributed by atoms with van der Waals surface area (Å²) in [6, 6.07) is 12.3. The van der Waals surface area contributed by atoms with Gasteiger partial charge in [-0.05, 0) is 61.1 Å². The Morgan fingerprint density at radius 1 is 1.00 bits per heavy atom. The Morgan fingerprint density at radius 3 is 2.38 bits per heavy atom. The number of hydrogen-bond donors (Lipinski definition) is 3. The van der Waals surface area contributed by atoms with Crippen molar-refractivity contribution in [3.63, 3.8) is 0 Å². The van der Waals surface area contributed by atoms with Crippen molar-refractivity contribution in [2.75, 3.05) is 11.9 Å². The molecule has 0 saturated carbocycles. The zero-order chi connectivity index (χ0) is 15.2. The first kappa shape index (κ1) is 15.4. The minimum atomic E-state index is 0.226. The molecule has 0 heterocycles. The summed E-state index contributed by atoms with van der Waals surface area (Å²) in [5, 5.41) is 22.1. The van der Waals surface area contributed by atoms with Gasteiger partial charge in [-0.3, -0.25) is 0 Å². The van der Waals surface area contributed by atoms with Crippen LogP contribution >= 0.6 is 0 Å². The van der Waals surface area contributed by atoms with E-state index in [9.17, 15) is 5.11 Å². The molecular weight excluding hydrogens is 262 g/mol. The average molecular weight is 285 g/mol. The van der Waals surface area contributed by atoms with Crippen LogP contribution in [0.3, 0.4) is 0 Å². The molecule has 0 aliphatic rings. The van der Waals surface area contributed by atoms with Crippen LogP contribution in [0.4, 0.5) is 5.69 Å². The summed E-state index contributed by atoms with van der Waals surface area (Å²) in [5.41, 5.74) is 5.27. The minimum absolute atomic E-state index is 0.226. The van der Waals surface area contributed by atoms with Gasteiger partial charge in [-0.1, -0.05) is 24.3 Å². The fraction of sp³-hybridized carbons (Fsp3) is 0.333. The molecule has 3 heteroatoms. The fourth-order valence-corrected chi connectivity index (χ4v) is 2.47. The summed E-state index contributed by atoms with van der Waals surface area (Å²) in [6.45, 7) is 4.79. The molecule has 2 aromatic carbocycles. The first-order valence-corrected chi connectivity index (χ1v) is 7.33. The SMILES string of the molecule is Cc1cc(CNc2cccc(CCCO)c2)cc(C)c1O. The lowest BCUT2D eigenvalue weighted by Crippen LogP contribution is -2.01. The summed E-state index contributed by atoms with van der Waals surface area (Å²) in [7, 11) is 0. The predicted molar refractivity (Wildman–Crippen MR) is 86.8 cm³/mol. The van der Waals surface area contributed by atoms with Crippen molar-refractivity contribution >= 4 is 5.69 Å². The zero-order valence-corrected chi connectivity index (χ0v) is 12.7. The molecule has 0 fully saturated rings. The first-order valence-electron chi connectivity index (χ1n) is 7.33. The van der Waals surface area contributed by atoms with Crippen LogP contribution in [-0.4, -0.2) is 16.8 Å². The van der Waals surface area contributed by atoms with Crippen LogP contribution in [0.5, 0.6) is 5.75 Å². The molecule has 3 N–H and O–H groups in total. The highest BCUT2D eigenvalue weighted by Crippen LogP contribution is 2.23. The standard InChI is InChI=1S/C18H23NO2/c1-13-9-16(10-14(2)18(13)21)12-19-17-7-3-5-15(11-17)6-4-8-20/h3,5,7,9-11,19-21H,4,6,8,12H2,1-2H3. The molecule has 0 saturated heterocycles. The van der Waals surface area contributed by atoms with E-state index >= 15 is 0 Å². The van der Waals surface area contributed by atoms with E-state index in [0.717, 1.165) is 41.8 Å². The lowest BCUT2D eigenvalue weighted by molar-refractivity contribution is 0.288. The monoisotopic (exact) mass is 285 g/mol. The number of aliphatic hydroxyl groups excluding tert-OH is 1. The Hall–Kier alpha value is -2.00. The molecule has 21 heavy (non-hydrogen) atoms. The highest BCUT2D eigenvalue weighted by atomic mass is 16.3. The van der Waals surface area contributed by atoms with Crippen LogP contribution in [0.25, 0.3) is 0 Å². The van der Waals surface area contributed by atoms with Gasteiger partial charge in [0.15, 0.2) is 0 Å². The molecule has 112 valence electrons. The average Bonchev–Trinajstić information content (AvgIpc) is 2.49. The van der Waals surface area contributed by atoms with Gasteiger partial charge in [-0.2, -0.15) is 0 Å². The lowest BCUT2D eigenvalue weighted by Gasteiger charge is -2.11. The fourth-order valence-electron chi connectivity index (χ4n) is 2.47. The molecule has 2 rings (SSSR count). The van der Waals surface area contributed by atoms with Crippen molar-refractivity contribution in [3.8, 4) is 5.75 Å². The predicted octanol–water partition coefficient (Wildman–Crippen LogP) is 3.55. The van der Waals surface area contributed by atoms with Gasteiger partial charge in [0.05, 0.1) is 0 Å². The topological polar surface area (TPSA) is 52.5 Å². The van der Waals surface area contributed by atoms with E-state index in [-0.39, 0.29) is 6.61 Å². The molecule has 0 bridgehead atoms. The zero-order valence-electron chi connectivity index (χ0n) is 12.7. The van der Waals surface area contributed by atoms with Crippen LogP contribution < -0.4 is 5.32 Å². The van der Waals surface area contributed by atoms with Gasteiger partial charge in [-0.15, -0.1) is 0 Å². The molecule has 0 unspecified atom stereocenters. The molecule has 0 atom stereocenters. The first-order chi connectivity index (χ1) is 10.1. The second-order valence-electron chi connectivity index (χ2n) is 5.46. The summed E-state index contributed by atoms with van der Waals surface area (Å²) < 4.78 is 0. The number of aromatic hydroxyl groups is 1. The van der Waals surface area contributed by atoms with Crippen molar-refractivity contribution in [1.82, 2.24) is 0 Å². The maximum absolute atomic E-state index is 9.79. The number of benzene rings is 2. The van der Waals surface area contributed by atoms with Crippen molar-refractivity contribution in [2.24, 2.45) is 0 Å². The van der Waals surface area contributed by atoms with E-state index in [1.54, 1.807) is 0 Å². The molecule has 0 aromatic heterocycles. The molecule has 0 aliphatic heterocycles. The summed E-state index contributed by atoms with van der Waals surface area (Å²) >= 11 is 0. The Balaban J connectivity index is 2.03. The van der Waals surface area contributed by atoms with Gasteiger partial charge in [0.1, 0.15) is 5.75 Å². The summed E-state index contributed by atoms with van der Waals surface area (Å²) in [5.74, 6) is 0.379. The molecule has 0 aliphatic carbocycles. The number of nitrogens with one attached hydrogen (secondary N) is 1. The van der Waals surface area contributed by atoms with E-state index < -0.39 is 0 Å². The number of phenols is 1. The maximum atomic E-state index is 9.79. The second kappa shape index (κ2) is 7.14. The largest absolute Gasteiger partial charge is 0.507 e. The quantitative estimate of drug-likeness (QED) is 0.761.